The summed E-state index contributed by atoms with van der Waals surface area (Å²) in [6.07, 6.45) is 6.89. The quantitative estimate of drug-likeness (QED) is 0.883. The Bertz CT molecular complexity index is 726. The maximum Gasteiger partial charge on any atom is 0.276 e. The number of allylic oxidation sites excluding steroid dienone is 2. The van der Waals surface area contributed by atoms with Crippen LogP contribution in [0.3, 0.4) is 0 Å². The lowest BCUT2D eigenvalue weighted by Crippen LogP contribution is -2.22. The summed E-state index contributed by atoms with van der Waals surface area (Å²) in [5.41, 5.74) is 1.09. The van der Waals surface area contributed by atoms with Crippen LogP contribution in [0.25, 0.3) is 0 Å². The van der Waals surface area contributed by atoms with Crippen LogP contribution in [-0.4, -0.2) is 29.2 Å². The number of fused-ring (bicyclic) bond motifs is 1. The Morgan fingerprint density at radius 3 is 2.29 bits per heavy atom. The SMILES string of the molecule is O=C(Nc1ccccc1)c1ccc(N2CC3CC=CCC3C2)nn1. The van der Waals surface area contributed by atoms with Gasteiger partial charge in [0.05, 0.1) is 0 Å². The molecule has 0 saturated carbocycles. The van der Waals surface area contributed by atoms with Crippen LogP contribution in [-0.2, 0) is 0 Å². The fraction of sp³-hybridized carbons (Fsp3) is 0.316. The molecule has 5 heteroatoms. The van der Waals surface area contributed by atoms with Gasteiger partial charge in [0.1, 0.15) is 0 Å². The minimum atomic E-state index is -0.237. The van der Waals surface area contributed by atoms with Crippen molar-refractivity contribution in [1.29, 1.82) is 0 Å². The third kappa shape index (κ3) is 3.02. The molecule has 1 aromatic heterocycles. The van der Waals surface area contributed by atoms with Gasteiger partial charge in [-0.25, -0.2) is 0 Å². The molecule has 1 fully saturated rings. The molecule has 4 rings (SSSR count). The number of benzene rings is 1. The highest BCUT2D eigenvalue weighted by Crippen LogP contribution is 2.34. The largest absolute Gasteiger partial charge is 0.355 e. The molecule has 2 unspecified atom stereocenters. The van der Waals surface area contributed by atoms with Crippen molar-refractivity contribution < 1.29 is 4.79 Å². The van der Waals surface area contributed by atoms with Gasteiger partial charge >= 0.3 is 0 Å². The number of anilines is 2. The molecule has 1 N–H and O–H groups in total. The maximum atomic E-state index is 12.2. The number of amides is 1. The molecule has 1 aromatic carbocycles. The molecule has 2 aromatic rings. The first-order valence-electron chi connectivity index (χ1n) is 8.39. The minimum absolute atomic E-state index is 0.237. The predicted octanol–water partition coefficient (Wildman–Crippen LogP) is 3.13. The van der Waals surface area contributed by atoms with Gasteiger partial charge in [0.15, 0.2) is 11.5 Å². The van der Waals surface area contributed by atoms with E-state index < -0.39 is 0 Å². The number of rotatable bonds is 3. The molecule has 1 amide bonds. The Balaban J connectivity index is 1.42. The molecule has 1 saturated heterocycles. The second kappa shape index (κ2) is 6.43. The molecule has 2 aliphatic rings. The van der Waals surface area contributed by atoms with E-state index in [-0.39, 0.29) is 5.91 Å². The van der Waals surface area contributed by atoms with Crippen LogP contribution in [0.2, 0.25) is 0 Å². The lowest BCUT2D eigenvalue weighted by Gasteiger charge is -2.17. The summed E-state index contributed by atoms with van der Waals surface area (Å²) in [6.45, 7) is 2.05. The fourth-order valence-corrected chi connectivity index (χ4v) is 3.53. The molecule has 2 heterocycles. The van der Waals surface area contributed by atoms with Crippen molar-refractivity contribution in [2.45, 2.75) is 12.8 Å². The van der Waals surface area contributed by atoms with Crippen LogP contribution in [0.5, 0.6) is 0 Å². The zero-order valence-corrected chi connectivity index (χ0v) is 13.4. The van der Waals surface area contributed by atoms with Crippen LogP contribution < -0.4 is 10.2 Å². The van der Waals surface area contributed by atoms with Gasteiger partial charge in [-0.1, -0.05) is 30.4 Å². The van der Waals surface area contributed by atoms with Crippen LogP contribution in [0.4, 0.5) is 11.5 Å². The number of carbonyl (C=O) groups excluding carboxylic acids is 1. The Labute approximate surface area is 141 Å². The van der Waals surface area contributed by atoms with Gasteiger partial charge in [-0.05, 0) is 48.9 Å². The zero-order chi connectivity index (χ0) is 16.4. The summed E-state index contributed by atoms with van der Waals surface area (Å²) in [4.78, 5) is 14.5. The van der Waals surface area contributed by atoms with Crippen LogP contribution >= 0.6 is 0 Å². The average molecular weight is 320 g/mol. The van der Waals surface area contributed by atoms with Gasteiger partial charge in [-0.15, -0.1) is 10.2 Å². The lowest BCUT2D eigenvalue weighted by molar-refractivity contribution is 0.102. The van der Waals surface area contributed by atoms with E-state index in [1.165, 1.54) is 0 Å². The number of hydrogen-bond acceptors (Lipinski definition) is 4. The molecule has 0 spiro atoms. The Kier molecular flexibility index (Phi) is 3.99. The minimum Gasteiger partial charge on any atom is -0.355 e. The van der Waals surface area contributed by atoms with Crippen molar-refractivity contribution in [1.82, 2.24) is 10.2 Å². The first-order valence-corrected chi connectivity index (χ1v) is 8.39. The van der Waals surface area contributed by atoms with Gasteiger partial charge in [-0.2, -0.15) is 0 Å². The number of nitrogens with zero attached hydrogens (tertiary/aromatic N) is 3. The topological polar surface area (TPSA) is 58.1 Å². The summed E-state index contributed by atoms with van der Waals surface area (Å²) in [5, 5.41) is 11.2. The Hall–Kier alpha value is -2.69. The van der Waals surface area contributed by atoms with Gasteiger partial charge in [0.2, 0.25) is 0 Å². The molecular weight excluding hydrogens is 300 g/mol. The monoisotopic (exact) mass is 320 g/mol. The number of nitrogens with one attached hydrogen (secondary N) is 1. The van der Waals surface area contributed by atoms with Crippen molar-refractivity contribution in [2.24, 2.45) is 11.8 Å². The third-order valence-electron chi connectivity index (χ3n) is 4.86. The van der Waals surface area contributed by atoms with Crippen molar-refractivity contribution in [3.8, 4) is 0 Å². The van der Waals surface area contributed by atoms with E-state index in [4.69, 9.17) is 0 Å². The summed E-state index contributed by atoms with van der Waals surface area (Å²) < 4.78 is 0. The molecule has 1 aliphatic heterocycles. The Morgan fingerprint density at radius 2 is 1.67 bits per heavy atom. The molecule has 0 bridgehead atoms. The van der Waals surface area contributed by atoms with E-state index in [1.54, 1.807) is 6.07 Å². The Morgan fingerprint density at radius 1 is 0.958 bits per heavy atom. The first-order chi connectivity index (χ1) is 11.8. The first kappa shape index (κ1) is 14.9. The number of aromatic nitrogens is 2. The summed E-state index contributed by atoms with van der Waals surface area (Å²) >= 11 is 0. The van der Waals surface area contributed by atoms with Gasteiger partial charge in [-0.3, -0.25) is 4.79 Å². The summed E-state index contributed by atoms with van der Waals surface area (Å²) in [7, 11) is 0. The van der Waals surface area contributed by atoms with E-state index in [9.17, 15) is 4.79 Å². The summed E-state index contributed by atoms with van der Waals surface area (Å²) in [5.74, 6) is 2.07. The standard InChI is InChI=1S/C19H20N4O/c24-19(20-16-8-2-1-3-9-16)17-10-11-18(22-21-17)23-12-14-6-4-5-7-15(14)13-23/h1-5,8-11,14-15H,6-7,12-13H2,(H,20,24). The molecule has 5 nitrogen and oxygen atoms in total. The van der Waals surface area contributed by atoms with Gasteiger partial charge < -0.3 is 10.2 Å². The van der Waals surface area contributed by atoms with Crippen molar-refractivity contribution >= 4 is 17.4 Å². The molecule has 2 atom stereocenters. The number of hydrogen-bond donors (Lipinski definition) is 1. The smallest absolute Gasteiger partial charge is 0.276 e. The van der Waals surface area contributed by atoms with Crippen molar-refractivity contribution in [2.75, 3.05) is 23.3 Å². The lowest BCUT2D eigenvalue weighted by atomic mass is 9.86. The van der Waals surface area contributed by atoms with Gasteiger partial charge in [0, 0.05) is 18.8 Å². The van der Waals surface area contributed by atoms with Crippen LogP contribution in [0.1, 0.15) is 23.3 Å². The molecule has 24 heavy (non-hydrogen) atoms. The fourth-order valence-electron chi connectivity index (χ4n) is 3.53. The van der Waals surface area contributed by atoms with E-state index in [0.29, 0.717) is 5.69 Å². The van der Waals surface area contributed by atoms with Crippen molar-refractivity contribution in [3.05, 3.63) is 60.3 Å². The number of carbonyl (C=O) groups is 1. The van der Waals surface area contributed by atoms with E-state index >= 15 is 0 Å². The second-order valence-corrected chi connectivity index (χ2v) is 6.46. The normalized spacial score (nSPS) is 22.2. The molecular formula is C19H20N4O. The molecule has 1 aliphatic carbocycles. The van der Waals surface area contributed by atoms with Crippen LogP contribution in [0.15, 0.2) is 54.6 Å². The third-order valence-corrected chi connectivity index (χ3v) is 4.86. The molecule has 0 radical (unpaired) electrons. The van der Waals surface area contributed by atoms with E-state index in [1.807, 2.05) is 36.4 Å². The number of para-hydroxylation sites is 1. The van der Waals surface area contributed by atoms with E-state index in [0.717, 1.165) is 49.3 Å². The highest BCUT2D eigenvalue weighted by molar-refractivity contribution is 6.02. The van der Waals surface area contributed by atoms with Crippen LogP contribution in [0, 0.1) is 11.8 Å². The van der Waals surface area contributed by atoms with Crippen molar-refractivity contribution in [3.63, 3.8) is 0 Å². The predicted molar refractivity (Wildman–Crippen MR) is 94.0 cm³/mol. The second-order valence-electron chi connectivity index (χ2n) is 6.46. The van der Waals surface area contributed by atoms with E-state index in [2.05, 4.69) is 32.6 Å². The highest BCUT2D eigenvalue weighted by Gasteiger charge is 2.33. The highest BCUT2D eigenvalue weighted by atomic mass is 16.1. The summed E-state index contributed by atoms with van der Waals surface area (Å²) in [6, 6.07) is 13.0. The maximum absolute atomic E-state index is 12.2. The van der Waals surface area contributed by atoms with Gasteiger partial charge in [0.25, 0.3) is 5.91 Å². The molecule has 122 valence electrons. The average Bonchev–Trinajstić information content (AvgIpc) is 3.07. The zero-order valence-electron chi connectivity index (χ0n) is 13.4.